The molecule has 3 rings (SSSR count). The summed E-state index contributed by atoms with van der Waals surface area (Å²) in [7, 11) is 0. The van der Waals surface area contributed by atoms with Crippen molar-refractivity contribution in [3.05, 3.63) is 30.1 Å². The van der Waals surface area contributed by atoms with Crippen molar-refractivity contribution in [3.63, 3.8) is 0 Å². The van der Waals surface area contributed by atoms with E-state index in [1.54, 1.807) is 0 Å². The Morgan fingerprint density at radius 3 is 2.71 bits per heavy atom. The molecule has 2 aromatic rings. The van der Waals surface area contributed by atoms with Crippen molar-refractivity contribution in [1.29, 1.82) is 0 Å². The molecule has 4 heteroatoms. The van der Waals surface area contributed by atoms with Gasteiger partial charge < -0.3 is 14.6 Å². The minimum atomic E-state index is 0.742. The van der Waals surface area contributed by atoms with Gasteiger partial charge in [-0.1, -0.05) is 26.8 Å². The van der Waals surface area contributed by atoms with Crippen LogP contribution >= 0.6 is 0 Å². The van der Waals surface area contributed by atoms with Crippen LogP contribution in [0.25, 0.3) is 5.65 Å². The molecule has 114 valence electrons. The summed E-state index contributed by atoms with van der Waals surface area (Å²) in [6.07, 6.45) is 3.28. The van der Waals surface area contributed by atoms with Crippen LogP contribution in [-0.4, -0.2) is 29.0 Å². The van der Waals surface area contributed by atoms with Crippen LogP contribution in [0.2, 0.25) is 0 Å². The van der Waals surface area contributed by atoms with Crippen molar-refractivity contribution < 1.29 is 0 Å². The van der Waals surface area contributed by atoms with E-state index in [4.69, 9.17) is 4.98 Å². The van der Waals surface area contributed by atoms with Crippen molar-refractivity contribution in [3.8, 4) is 0 Å². The summed E-state index contributed by atoms with van der Waals surface area (Å²) in [5.74, 6) is 2.65. The molecule has 1 saturated heterocycles. The molecule has 1 N–H and O–H groups in total. The van der Waals surface area contributed by atoms with E-state index < -0.39 is 0 Å². The highest BCUT2D eigenvalue weighted by atomic mass is 15.3. The lowest BCUT2D eigenvalue weighted by molar-refractivity contribution is 0.494. The molecule has 2 atom stereocenters. The molecule has 2 aromatic heterocycles. The summed E-state index contributed by atoms with van der Waals surface area (Å²) >= 11 is 0. The van der Waals surface area contributed by atoms with Crippen LogP contribution in [0.1, 0.15) is 32.9 Å². The summed E-state index contributed by atoms with van der Waals surface area (Å²) in [6, 6.07) is 6.23. The second kappa shape index (κ2) is 6.06. The maximum Gasteiger partial charge on any atom is 0.152 e. The third-order valence-corrected chi connectivity index (χ3v) is 4.61. The van der Waals surface area contributed by atoms with E-state index in [9.17, 15) is 0 Å². The fourth-order valence-corrected chi connectivity index (χ4v) is 3.14. The number of pyridine rings is 1. The summed E-state index contributed by atoms with van der Waals surface area (Å²) in [4.78, 5) is 7.35. The molecular formula is C17H26N4. The third kappa shape index (κ3) is 2.77. The van der Waals surface area contributed by atoms with Gasteiger partial charge in [-0.05, 0) is 36.9 Å². The first-order chi connectivity index (χ1) is 10.2. The van der Waals surface area contributed by atoms with Crippen molar-refractivity contribution >= 4 is 11.5 Å². The summed E-state index contributed by atoms with van der Waals surface area (Å²) in [6.45, 7) is 11.1. The van der Waals surface area contributed by atoms with Gasteiger partial charge in [-0.15, -0.1) is 0 Å². The highest BCUT2D eigenvalue weighted by molar-refractivity contribution is 5.56. The number of nitrogens with zero attached hydrogens (tertiary/aromatic N) is 3. The summed E-state index contributed by atoms with van der Waals surface area (Å²) < 4.78 is 2.23. The lowest BCUT2D eigenvalue weighted by Crippen LogP contribution is -2.23. The Kier molecular flexibility index (Phi) is 4.15. The van der Waals surface area contributed by atoms with Crippen LogP contribution in [-0.2, 0) is 6.54 Å². The van der Waals surface area contributed by atoms with Gasteiger partial charge in [0.25, 0.3) is 0 Å². The van der Waals surface area contributed by atoms with Gasteiger partial charge in [-0.3, -0.25) is 0 Å². The molecule has 0 aromatic carbocycles. The van der Waals surface area contributed by atoms with Crippen molar-refractivity contribution in [2.75, 3.05) is 24.5 Å². The zero-order valence-corrected chi connectivity index (χ0v) is 13.3. The Labute approximate surface area is 127 Å². The van der Waals surface area contributed by atoms with E-state index >= 15 is 0 Å². The first-order valence-electron chi connectivity index (χ1n) is 8.12. The van der Waals surface area contributed by atoms with Crippen molar-refractivity contribution in [1.82, 2.24) is 14.7 Å². The van der Waals surface area contributed by atoms with E-state index in [1.165, 1.54) is 11.5 Å². The molecule has 0 spiro atoms. The first kappa shape index (κ1) is 14.4. The van der Waals surface area contributed by atoms with Crippen LogP contribution in [0.15, 0.2) is 24.4 Å². The van der Waals surface area contributed by atoms with Gasteiger partial charge in [0, 0.05) is 25.8 Å². The quantitative estimate of drug-likeness (QED) is 0.858. The zero-order chi connectivity index (χ0) is 14.8. The Balaban J connectivity index is 1.94. The van der Waals surface area contributed by atoms with E-state index in [-0.39, 0.29) is 0 Å². The number of hydrogen-bond donors (Lipinski definition) is 1. The number of hydrogen-bond acceptors (Lipinski definition) is 3. The van der Waals surface area contributed by atoms with E-state index in [0.29, 0.717) is 0 Å². The molecule has 0 amide bonds. The molecule has 3 heterocycles. The van der Waals surface area contributed by atoms with E-state index in [0.717, 1.165) is 50.1 Å². The van der Waals surface area contributed by atoms with Crippen LogP contribution in [0.3, 0.4) is 0 Å². The van der Waals surface area contributed by atoms with Crippen molar-refractivity contribution in [2.45, 2.75) is 33.7 Å². The van der Waals surface area contributed by atoms with Crippen LogP contribution in [0.4, 0.5) is 5.82 Å². The monoisotopic (exact) mass is 286 g/mol. The Morgan fingerprint density at radius 2 is 2.00 bits per heavy atom. The lowest BCUT2D eigenvalue weighted by Gasteiger charge is -2.17. The molecule has 4 nitrogen and oxygen atoms in total. The van der Waals surface area contributed by atoms with Gasteiger partial charge in [0.1, 0.15) is 5.65 Å². The minimum Gasteiger partial charge on any atom is -0.354 e. The molecule has 0 saturated carbocycles. The number of fused-ring (bicyclic) bond motifs is 1. The molecule has 1 fully saturated rings. The highest BCUT2D eigenvalue weighted by Gasteiger charge is 2.29. The Morgan fingerprint density at radius 1 is 1.24 bits per heavy atom. The zero-order valence-electron chi connectivity index (χ0n) is 13.3. The van der Waals surface area contributed by atoms with Gasteiger partial charge in [0.15, 0.2) is 5.82 Å². The second-order valence-corrected chi connectivity index (χ2v) is 6.35. The van der Waals surface area contributed by atoms with Crippen LogP contribution < -0.4 is 10.2 Å². The average Bonchev–Trinajstić information content (AvgIpc) is 3.01. The third-order valence-electron chi connectivity index (χ3n) is 4.61. The predicted molar refractivity (Wildman–Crippen MR) is 87.7 cm³/mol. The van der Waals surface area contributed by atoms with E-state index in [1.807, 2.05) is 0 Å². The largest absolute Gasteiger partial charge is 0.354 e. The van der Waals surface area contributed by atoms with E-state index in [2.05, 4.69) is 59.8 Å². The number of nitrogens with one attached hydrogen (secondary N) is 1. The Hall–Kier alpha value is -1.55. The SMILES string of the molecule is CCCNCc1c(N2CC(C)C(C)C2)nc2ccccn12. The first-order valence-corrected chi connectivity index (χ1v) is 8.12. The topological polar surface area (TPSA) is 32.6 Å². The fraction of sp³-hybridized carbons (Fsp3) is 0.588. The molecule has 2 unspecified atom stereocenters. The summed E-state index contributed by atoms with van der Waals surface area (Å²) in [5.41, 5.74) is 2.34. The molecular weight excluding hydrogens is 260 g/mol. The highest BCUT2D eigenvalue weighted by Crippen LogP contribution is 2.30. The van der Waals surface area contributed by atoms with Crippen LogP contribution in [0, 0.1) is 11.8 Å². The average molecular weight is 286 g/mol. The standard InChI is InChI=1S/C17H26N4/c1-4-8-18-10-15-17(20-11-13(2)14(3)12-20)19-16-7-5-6-9-21(15)16/h5-7,9,13-14,18H,4,8,10-12H2,1-3H3. The normalized spacial score (nSPS) is 22.3. The number of aromatic nitrogens is 2. The van der Waals surface area contributed by atoms with Gasteiger partial charge in [-0.2, -0.15) is 0 Å². The lowest BCUT2D eigenvalue weighted by atomic mass is 10.0. The molecule has 1 aliphatic heterocycles. The molecule has 0 radical (unpaired) electrons. The summed E-state index contributed by atoms with van der Waals surface area (Å²) in [5, 5.41) is 3.53. The van der Waals surface area contributed by atoms with Gasteiger partial charge in [-0.25, -0.2) is 4.98 Å². The maximum absolute atomic E-state index is 4.89. The molecule has 21 heavy (non-hydrogen) atoms. The maximum atomic E-state index is 4.89. The predicted octanol–water partition coefficient (Wildman–Crippen LogP) is 2.93. The number of anilines is 1. The van der Waals surface area contributed by atoms with Gasteiger partial charge in [0.05, 0.1) is 5.69 Å². The van der Waals surface area contributed by atoms with Gasteiger partial charge >= 0.3 is 0 Å². The molecule has 1 aliphatic rings. The minimum absolute atomic E-state index is 0.742. The smallest absolute Gasteiger partial charge is 0.152 e. The Bertz CT molecular complexity index is 594. The molecule has 0 bridgehead atoms. The number of rotatable bonds is 5. The second-order valence-electron chi connectivity index (χ2n) is 6.35. The fourth-order valence-electron chi connectivity index (χ4n) is 3.14. The van der Waals surface area contributed by atoms with Crippen LogP contribution in [0.5, 0.6) is 0 Å². The van der Waals surface area contributed by atoms with Gasteiger partial charge in [0.2, 0.25) is 0 Å². The van der Waals surface area contributed by atoms with Crippen molar-refractivity contribution in [2.24, 2.45) is 11.8 Å². The molecule has 0 aliphatic carbocycles. The number of imidazole rings is 1.